The summed E-state index contributed by atoms with van der Waals surface area (Å²) >= 11 is 0. The molecule has 5 unspecified atom stereocenters. The molecule has 1 aromatic heterocycles. The number of benzene rings is 2. The SMILES string of the molecule is CC1OC(Oc2cc(-c3cc(=O)c4c(O)cc(O)cc4o3)cc(O)c2O)C(O)C(O)C1O. The van der Waals surface area contributed by atoms with Crippen LogP contribution in [0.4, 0.5) is 0 Å². The van der Waals surface area contributed by atoms with Crippen LogP contribution in [0.25, 0.3) is 22.3 Å². The van der Waals surface area contributed by atoms with Gasteiger partial charge in [-0.2, -0.15) is 0 Å². The van der Waals surface area contributed by atoms with Crippen LogP contribution in [0.15, 0.2) is 39.5 Å². The molecule has 5 atom stereocenters. The number of aliphatic hydroxyl groups excluding tert-OH is 3. The second-order valence-electron chi connectivity index (χ2n) is 7.45. The van der Waals surface area contributed by atoms with Gasteiger partial charge in [-0.15, -0.1) is 0 Å². The molecule has 1 saturated heterocycles. The molecule has 7 N–H and O–H groups in total. The summed E-state index contributed by atoms with van der Waals surface area (Å²) in [5, 5.41) is 69.6. The number of hydrogen-bond donors (Lipinski definition) is 7. The second kappa shape index (κ2) is 7.88. The first kappa shape index (κ1) is 21.7. The van der Waals surface area contributed by atoms with Crippen molar-refractivity contribution in [3.8, 4) is 40.1 Å². The molecule has 0 bridgehead atoms. The topological polar surface area (TPSA) is 190 Å². The van der Waals surface area contributed by atoms with E-state index in [1.165, 1.54) is 13.0 Å². The molecule has 170 valence electrons. The fourth-order valence-corrected chi connectivity index (χ4v) is 3.46. The highest BCUT2D eigenvalue weighted by Crippen LogP contribution is 2.41. The molecule has 0 aliphatic carbocycles. The molecule has 32 heavy (non-hydrogen) atoms. The summed E-state index contributed by atoms with van der Waals surface area (Å²) in [7, 11) is 0. The summed E-state index contributed by atoms with van der Waals surface area (Å²) in [5.74, 6) is -2.65. The predicted octanol–water partition coefficient (Wildman–Crippen LogP) is 0.489. The Morgan fingerprint density at radius 3 is 2.31 bits per heavy atom. The highest BCUT2D eigenvalue weighted by atomic mass is 16.7. The third-order valence-corrected chi connectivity index (χ3v) is 5.19. The van der Waals surface area contributed by atoms with Gasteiger partial charge in [0.05, 0.1) is 6.10 Å². The van der Waals surface area contributed by atoms with Gasteiger partial charge < -0.3 is 49.6 Å². The first-order valence-corrected chi connectivity index (χ1v) is 9.49. The summed E-state index contributed by atoms with van der Waals surface area (Å²) in [6.45, 7) is 1.44. The van der Waals surface area contributed by atoms with Crippen LogP contribution in [-0.4, -0.2) is 66.5 Å². The van der Waals surface area contributed by atoms with Crippen LogP contribution in [0.3, 0.4) is 0 Å². The van der Waals surface area contributed by atoms with Crippen LogP contribution in [0.5, 0.6) is 28.7 Å². The molecule has 1 fully saturated rings. The van der Waals surface area contributed by atoms with Gasteiger partial charge in [0.25, 0.3) is 0 Å². The van der Waals surface area contributed by atoms with Crippen LogP contribution in [0.1, 0.15) is 6.92 Å². The Morgan fingerprint density at radius 2 is 1.59 bits per heavy atom. The lowest BCUT2D eigenvalue weighted by molar-refractivity contribution is -0.268. The maximum absolute atomic E-state index is 12.5. The highest BCUT2D eigenvalue weighted by molar-refractivity contribution is 5.86. The molecule has 1 aliphatic heterocycles. The number of fused-ring (bicyclic) bond motifs is 1. The molecule has 11 heteroatoms. The third kappa shape index (κ3) is 3.67. The van der Waals surface area contributed by atoms with E-state index in [0.717, 1.165) is 24.3 Å². The number of phenolic OH excluding ortho intramolecular Hbond substituents is 4. The molecule has 3 aromatic rings. The van der Waals surface area contributed by atoms with Gasteiger partial charge in [-0.3, -0.25) is 4.79 Å². The molecule has 0 amide bonds. The highest BCUT2D eigenvalue weighted by Gasteiger charge is 2.43. The average molecular weight is 448 g/mol. The van der Waals surface area contributed by atoms with E-state index in [2.05, 4.69) is 0 Å². The molecule has 2 heterocycles. The van der Waals surface area contributed by atoms with E-state index < -0.39 is 53.4 Å². The molecule has 1 aliphatic rings. The number of rotatable bonds is 3. The van der Waals surface area contributed by atoms with Gasteiger partial charge in [0.15, 0.2) is 16.9 Å². The van der Waals surface area contributed by atoms with Crippen molar-refractivity contribution in [2.75, 3.05) is 0 Å². The largest absolute Gasteiger partial charge is 0.508 e. The minimum absolute atomic E-state index is 0.0658. The first-order chi connectivity index (χ1) is 15.1. The summed E-state index contributed by atoms with van der Waals surface area (Å²) < 4.78 is 16.3. The normalized spacial score (nSPS) is 25.7. The number of hydrogen-bond acceptors (Lipinski definition) is 11. The molecule has 2 aromatic carbocycles. The standard InChI is InChI=1S/C21H20O11/c1-7-17(26)19(28)20(29)21(30-7)32-15-3-8(2-12(25)18(15)27)13-6-11(24)16-10(23)4-9(22)5-14(16)31-13/h2-7,17,19-23,25-29H,1H3. The number of aromatic hydroxyl groups is 4. The lowest BCUT2D eigenvalue weighted by Gasteiger charge is -2.38. The maximum Gasteiger partial charge on any atom is 0.229 e. The zero-order valence-corrected chi connectivity index (χ0v) is 16.5. The van der Waals surface area contributed by atoms with Gasteiger partial charge in [-0.05, 0) is 19.1 Å². The van der Waals surface area contributed by atoms with Crippen molar-refractivity contribution in [2.45, 2.75) is 37.6 Å². The molecule has 4 rings (SSSR count). The third-order valence-electron chi connectivity index (χ3n) is 5.19. The second-order valence-corrected chi connectivity index (χ2v) is 7.45. The molecule has 0 spiro atoms. The average Bonchev–Trinajstić information content (AvgIpc) is 2.72. The van der Waals surface area contributed by atoms with E-state index in [1.54, 1.807) is 0 Å². The van der Waals surface area contributed by atoms with E-state index in [0.29, 0.717) is 0 Å². The predicted molar refractivity (Wildman–Crippen MR) is 108 cm³/mol. The Labute approximate surface area is 179 Å². The number of ether oxygens (including phenoxy) is 2. The van der Waals surface area contributed by atoms with Crippen molar-refractivity contribution in [3.05, 3.63) is 40.6 Å². The summed E-state index contributed by atoms with van der Waals surface area (Å²) in [6.07, 6.45) is -7.02. The Morgan fingerprint density at radius 1 is 0.875 bits per heavy atom. The number of phenols is 4. The Bertz CT molecular complexity index is 1230. The Balaban J connectivity index is 1.76. The van der Waals surface area contributed by atoms with E-state index in [1.807, 2.05) is 0 Å². The lowest BCUT2D eigenvalue weighted by atomic mass is 10.00. The molecule has 0 radical (unpaired) electrons. The van der Waals surface area contributed by atoms with E-state index in [9.17, 15) is 40.5 Å². The van der Waals surface area contributed by atoms with Crippen LogP contribution in [-0.2, 0) is 4.74 Å². The van der Waals surface area contributed by atoms with Crippen molar-refractivity contribution in [2.24, 2.45) is 0 Å². The smallest absolute Gasteiger partial charge is 0.229 e. The summed E-state index contributed by atoms with van der Waals surface area (Å²) in [4.78, 5) is 12.5. The van der Waals surface area contributed by atoms with Crippen molar-refractivity contribution >= 4 is 11.0 Å². The van der Waals surface area contributed by atoms with Gasteiger partial charge in [0.2, 0.25) is 12.0 Å². The molecule has 11 nitrogen and oxygen atoms in total. The van der Waals surface area contributed by atoms with Crippen LogP contribution < -0.4 is 10.2 Å². The minimum atomic E-state index is -1.67. The maximum atomic E-state index is 12.5. The van der Waals surface area contributed by atoms with Gasteiger partial charge in [0.1, 0.15) is 46.5 Å². The fraction of sp³-hybridized carbons (Fsp3) is 0.286. The van der Waals surface area contributed by atoms with Crippen molar-refractivity contribution in [3.63, 3.8) is 0 Å². The van der Waals surface area contributed by atoms with Gasteiger partial charge in [0, 0.05) is 23.8 Å². The van der Waals surface area contributed by atoms with Crippen LogP contribution in [0.2, 0.25) is 0 Å². The monoisotopic (exact) mass is 448 g/mol. The zero-order chi connectivity index (χ0) is 23.3. The Kier molecular flexibility index (Phi) is 5.34. The van der Waals surface area contributed by atoms with Crippen LogP contribution >= 0.6 is 0 Å². The van der Waals surface area contributed by atoms with Crippen molar-refractivity contribution in [1.29, 1.82) is 0 Å². The Hall–Kier alpha value is -3.51. The quantitative estimate of drug-likeness (QED) is 0.276. The van der Waals surface area contributed by atoms with Crippen LogP contribution in [0, 0.1) is 0 Å². The van der Waals surface area contributed by atoms with E-state index >= 15 is 0 Å². The van der Waals surface area contributed by atoms with Gasteiger partial charge in [-0.1, -0.05) is 0 Å². The van der Waals surface area contributed by atoms with Crippen molar-refractivity contribution in [1.82, 2.24) is 0 Å². The number of aliphatic hydroxyl groups is 3. The molecular formula is C21H20O11. The van der Waals surface area contributed by atoms with E-state index in [-0.39, 0.29) is 33.8 Å². The minimum Gasteiger partial charge on any atom is -0.508 e. The van der Waals surface area contributed by atoms with E-state index in [4.69, 9.17) is 13.9 Å². The zero-order valence-electron chi connectivity index (χ0n) is 16.5. The van der Waals surface area contributed by atoms with Crippen molar-refractivity contribution < 1.29 is 49.6 Å². The van der Waals surface area contributed by atoms with Gasteiger partial charge in [-0.25, -0.2) is 0 Å². The fourth-order valence-electron chi connectivity index (χ4n) is 3.46. The van der Waals surface area contributed by atoms with Gasteiger partial charge >= 0.3 is 0 Å². The summed E-state index contributed by atoms with van der Waals surface area (Å²) in [5.41, 5.74) is -0.696. The molecular weight excluding hydrogens is 428 g/mol. The lowest BCUT2D eigenvalue weighted by Crippen LogP contribution is -2.58. The molecule has 0 saturated carbocycles. The first-order valence-electron chi connectivity index (χ1n) is 9.49. The summed E-state index contributed by atoms with van der Waals surface area (Å²) in [6, 6.07) is 5.40.